The molecule has 0 aliphatic carbocycles. The maximum atomic E-state index is 5.90. The van der Waals surface area contributed by atoms with Gasteiger partial charge in [-0.2, -0.15) is 18.7 Å². The minimum atomic E-state index is 0.856. The molecule has 0 unspecified atom stereocenters. The van der Waals surface area contributed by atoms with Crippen LogP contribution in [-0.4, -0.2) is 53.2 Å². The average Bonchev–Trinajstić information content (AvgIpc) is 1.62. The Morgan fingerprint density at radius 3 is 1.21 bits per heavy atom. The van der Waals surface area contributed by atoms with E-state index in [-0.39, 0.29) is 0 Å². The molecule has 0 bridgehead atoms. The van der Waals surface area contributed by atoms with Crippen LogP contribution in [0.4, 0.5) is 0 Å². The Bertz CT molecular complexity index is 4200. The van der Waals surface area contributed by atoms with Crippen LogP contribution in [-0.2, 0) is 35.2 Å². The lowest BCUT2D eigenvalue weighted by atomic mass is 10.1. The Labute approximate surface area is 581 Å². The first-order valence-electron chi connectivity index (χ1n) is 35.1. The molecule has 0 amide bonds. The summed E-state index contributed by atoms with van der Waals surface area (Å²) < 4.78 is 26.7. The lowest BCUT2D eigenvalue weighted by molar-refractivity contribution is -0.745. The van der Waals surface area contributed by atoms with Gasteiger partial charge in [-0.15, -0.1) is 30.1 Å². The van der Waals surface area contributed by atoms with Crippen molar-refractivity contribution in [2.24, 2.45) is 35.2 Å². The van der Waals surface area contributed by atoms with Crippen molar-refractivity contribution in [3.63, 3.8) is 0 Å². The predicted octanol–water partition coefficient (Wildman–Crippen LogP) is 20.0. The van der Waals surface area contributed by atoms with Crippen molar-refractivity contribution in [3.8, 4) is 22.9 Å². The van der Waals surface area contributed by atoms with E-state index in [1.165, 1.54) is 70.8 Å². The number of hydrogen-bond donors (Lipinski definition) is 0. The summed E-state index contributed by atoms with van der Waals surface area (Å²) in [7, 11) is 10.0. The molecule has 0 fully saturated rings. The third-order valence-corrected chi connectivity index (χ3v) is 14.6. The second-order valence-corrected chi connectivity index (χ2v) is 19.5. The van der Waals surface area contributed by atoms with Crippen LogP contribution in [0.5, 0.6) is 0 Å². The molecule has 0 spiro atoms. The van der Waals surface area contributed by atoms with Gasteiger partial charge in [0.2, 0.25) is 25.3 Å². The van der Waals surface area contributed by atoms with Crippen LogP contribution in [0, 0.1) is 27.7 Å². The van der Waals surface area contributed by atoms with Crippen molar-refractivity contribution in [1.29, 1.82) is 0 Å². The number of thiophene rings is 1. The molecule has 0 aliphatic rings. The van der Waals surface area contributed by atoms with Crippen molar-refractivity contribution in [2.75, 3.05) is 0 Å². The quantitative estimate of drug-likeness (QED) is 0.160. The van der Waals surface area contributed by atoms with E-state index in [4.69, 9.17) is 4.42 Å². The first kappa shape index (κ1) is 86.8. The second-order valence-electron chi connectivity index (χ2n) is 18.4. The topological polar surface area (TPSA) is 131 Å². The molecule has 0 aliphatic heterocycles. The number of rotatable bonds is 4. The third kappa shape index (κ3) is 21.4. The number of aryl methyl sites for hydroxylation is 9. The van der Waals surface area contributed by atoms with Gasteiger partial charge >= 0.3 is 25.3 Å². The van der Waals surface area contributed by atoms with E-state index in [2.05, 4.69) is 163 Å². The highest BCUT2D eigenvalue weighted by Crippen LogP contribution is 2.37. The maximum absolute atomic E-state index is 5.90. The molecular weight excluding hydrogens is 1210 g/mol. The number of para-hydroxylation sites is 2. The summed E-state index contributed by atoms with van der Waals surface area (Å²) in [5.41, 5.74) is 12.5. The lowest BCUT2D eigenvalue weighted by Gasteiger charge is -2.07. The summed E-state index contributed by atoms with van der Waals surface area (Å²) in [6.07, 6.45) is 17.7. The van der Waals surface area contributed by atoms with Gasteiger partial charge < -0.3 is 8.98 Å². The Hall–Kier alpha value is -9.22. The molecule has 6 aromatic carbocycles. The first-order valence-corrected chi connectivity index (χ1v) is 35.9. The molecule has 96 heavy (non-hydrogen) atoms. The Morgan fingerprint density at radius 2 is 0.740 bits per heavy atom. The summed E-state index contributed by atoms with van der Waals surface area (Å²) in [6, 6.07) is 38.6. The van der Waals surface area contributed by atoms with Crippen molar-refractivity contribution in [2.45, 2.75) is 180 Å². The summed E-state index contributed by atoms with van der Waals surface area (Å²) in [6.45, 7) is 52.4. The van der Waals surface area contributed by atoms with Crippen LogP contribution in [0.2, 0.25) is 0 Å². The number of fused-ring (bicyclic) bond motifs is 9. The van der Waals surface area contributed by atoms with Gasteiger partial charge in [-0.05, 0) is 119 Å². The van der Waals surface area contributed by atoms with Crippen molar-refractivity contribution >= 4 is 75.3 Å². The van der Waals surface area contributed by atoms with Crippen molar-refractivity contribution in [3.05, 3.63) is 195 Å². The van der Waals surface area contributed by atoms with Crippen molar-refractivity contribution in [1.82, 2.24) is 53.2 Å². The Balaban J connectivity index is 0.00000115. The van der Waals surface area contributed by atoms with E-state index >= 15 is 0 Å². The zero-order valence-corrected chi connectivity index (χ0v) is 65.5. The minimum Gasteiger partial charge on any atom is -0.456 e. The summed E-state index contributed by atoms with van der Waals surface area (Å²) in [4.78, 5) is 24.7. The number of aromatic nitrogens is 15. The average molecular weight is 1330 g/mol. The van der Waals surface area contributed by atoms with E-state index in [0.717, 1.165) is 44.6 Å². The van der Waals surface area contributed by atoms with E-state index in [9.17, 15) is 0 Å². The van der Waals surface area contributed by atoms with Crippen molar-refractivity contribution < 1.29 is 23.1 Å². The van der Waals surface area contributed by atoms with E-state index in [0.29, 0.717) is 0 Å². The molecule has 0 atom stereocenters. The largest absolute Gasteiger partial charge is 0.456 e. The van der Waals surface area contributed by atoms with Gasteiger partial charge in [-0.3, -0.25) is 0 Å². The molecule has 0 N–H and O–H groups in total. The first-order chi connectivity index (χ1) is 46.9. The van der Waals surface area contributed by atoms with Crippen LogP contribution < -0.4 is 18.7 Å². The van der Waals surface area contributed by atoms with Crippen LogP contribution in [0.15, 0.2) is 177 Å². The van der Waals surface area contributed by atoms with Crippen LogP contribution >= 0.6 is 11.3 Å². The second kappa shape index (κ2) is 47.6. The fraction of sp³-hybridized carbons (Fsp3) is 0.392. The molecule has 17 heteroatoms. The highest BCUT2D eigenvalue weighted by molar-refractivity contribution is 7.25. The number of nitrogens with zero attached hydrogens (tertiary/aromatic N) is 15. The summed E-state index contributed by atoms with van der Waals surface area (Å²) in [5, 5.41) is 7.50. The van der Waals surface area contributed by atoms with E-state index < -0.39 is 0 Å². The smallest absolute Gasteiger partial charge is 0.306 e. The third-order valence-electron chi connectivity index (χ3n) is 13.4. The van der Waals surface area contributed by atoms with Gasteiger partial charge in [0.25, 0.3) is 0 Å². The monoisotopic (exact) mass is 1330 g/mol. The summed E-state index contributed by atoms with van der Waals surface area (Å²) in [5.74, 6) is 0.856. The zero-order chi connectivity index (χ0) is 73.2. The number of hydrogen-bond acceptors (Lipinski definition) is 8. The molecule has 14 rings (SSSR count). The minimum absolute atomic E-state index is 0.856. The van der Waals surface area contributed by atoms with Crippen LogP contribution in [0.3, 0.4) is 0 Å². The highest BCUT2D eigenvalue weighted by Gasteiger charge is 2.17. The molecule has 8 heterocycles. The SMILES string of the molecule is CC.CC.CC.CC.CC.CC.CC.CC.CC.CC.CC.Cc1cc2c(cc1-n1cnc[n+]1C)c1ccccc1n2C.Cc1cc2oc3ccccc3c2cc1-n1cnc[n+]1C.Cc1cc2sc3ccccc3c2cc1-n1cnc[n+]1C.Cc1cncnc1-n1cnc[n+]1C. The van der Waals surface area contributed by atoms with Gasteiger partial charge in [-0.1, -0.05) is 207 Å². The molecule has 520 valence electrons. The lowest BCUT2D eigenvalue weighted by Crippen LogP contribution is -2.37. The molecule has 14 aromatic rings. The summed E-state index contributed by atoms with van der Waals surface area (Å²) >= 11 is 1.85. The van der Waals surface area contributed by atoms with Gasteiger partial charge in [0.1, 0.15) is 45.7 Å². The van der Waals surface area contributed by atoms with Crippen LogP contribution in [0.1, 0.15) is 175 Å². The normalized spacial score (nSPS) is 9.41. The predicted molar refractivity (Wildman–Crippen MR) is 412 cm³/mol. The molecule has 16 nitrogen and oxygen atoms in total. The number of benzene rings is 6. The number of furan rings is 1. The molecular formula is C79H121N15OS+4. The zero-order valence-electron chi connectivity index (χ0n) is 64.7. The van der Waals surface area contributed by atoms with Gasteiger partial charge in [0.15, 0.2) is 5.82 Å². The molecule has 0 radical (unpaired) electrons. The fourth-order valence-electron chi connectivity index (χ4n) is 9.60. The maximum Gasteiger partial charge on any atom is 0.306 e. The Kier molecular flexibility index (Phi) is 43.1. The molecule has 8 aromatic heterocycles. The Morgan fingerprint density at radius 1 is 0.344 bits per heavy atom. The van der Waals surface area contributed by atoms with E-state index in [1.807, 2.05) is 277 Å². The fourth-order valence-corrected chi connectivity index (χ4v) is 10.8. The molecule has 0 saturated heterocycles. The van der Waals surface area contributed by atoms with Crippen LogP contribution in [0.25, 0.3) is 86.8 Å². The van der Waals surface area contributed by atoms with E-state index in [1.54, 1.807) is 25.2 Å². The standard InChI is InChI=1S/C17H17N4.C16H14N3O.C16H14N3S.C8H10N5.11C2H6/c1-12-8-17-14(9-16(12)21-11-18-10-19(21)2)13-6-4-5-7-15(13)20(17)3;2*1-11-7-16-13(12-5-3-4-6-15(12)20-16)8-14(11)19-10-17-9-18(19)2;1-7-3-9-4-11-8(7)13-6-10-5-12(13)2;11*1-2/h4-11H,1-3H3;2*3-10H,1-2H3;3-6H,1-2H3;11*1-2H3/q4*+1;;;;;;;;;;;. The molecule has 0 saturated carbocycles. The van der Waals surface area contributed by atoms with Gasteiger partial charge in [0.05, 0.1) is 17.1 Å². The van der Waals surface area contributed by atoms with Gasteiger partial charge in [0, 0.05) is 71.6 Å². The van der Waals surface area contributed by atoms with Gasteiger partial charge in [-0.25, -0.2) is 9.97 Å². The highest BCUT2D eigenvalue weighted by atomic mass is 32.1.